The highest BCUT2D eigenvalue weighted by atomic mass is 32.2. The number of fused-ring (bicyclic) bond motifs is 1. The average molecular weight is 269 g/mol. The van der Waals surface area contributed by atoms with Crippen molar-refractivity contribution < 1.29 is 4.74 Å². The van der Waals surface area contributed by atoms with Crippen molar-refractivity contribution in [1.29, 1.82) is 0 Å². The molecule has 0 atom stereocenters. The Morgan fingerprint density at radius 2 is 1.84 bits per heavy atom. The van der Waals surface area contributed by atoms with E-state index in [1.54, 1.807) is 18.9 Å². The zero-order valence-electron chi connectivity index (χ0n) is 10.9. The average Bonchev–Trinajstić information content (AvgIpc) is 2.85. The van der Waals surface area contributed by atoms with Gasteiger partial charge in [0.05, 0.1) is 12.8 Å². The summed E-state index contributed by atoms with van der Waals surface area (Å²) >= 11 is 1.76. The van der Waals surface area contributed by atoms with Gasteiger partial charge in [-0.15, -0.1) is 11.8 Å². The first-order chi connectivity index (χ1) is 9.33. The molecule has 0 saturated carbocycles. The third-order valence-corrected chi connectivity index (χ3v) is 4.06. The zero-order chi connectivity index (χ0) is 13.2. The van der Waals surface area contributed by atoms with E-state index in [4.69, 9.17) is 4.74 Å². The Hall–Kier alpha value is -1.87. The monoisotopic (exact) mass is 269 g/mol. The highest BCUT2D eigenvalue weighted by Crippen LogP contribution is 2.37. The fraction of sp³-hybridized carbons (Fsp3) is 0.125. The van der Waals surface area contributed by atoms with E-state index >= 15 is 0 Å². The molecule has 0 bridgehead atoms. The molecule has 1 N–H and O–H groups in total. The highest BCUT2D eigenvalue weighted by molar-refractivity contribution is 7.99. The number of hydrogen-bond acceptors (Lipinski definition) is 2. The summed E-state index contributed by atoms with van der Waals surface area (Å²) < 4.78 is 5.31. The van der Waals surface area contributed by atoms with Crippen LogP contribution in [0.1, 0.15) is 0 Å². The lowest BCUT2D eigenvalue weighted by Crippen LogP contribution is -1.81. The lowest BCUT2D eigenvalue weighted by molar-refractivity contribution is 0.415. The van der Waals surface area contributed by atoms with E-state index in [9.17, 15) is 0 Å². The maximum atomic E-state index is 5.31. The molecule has 1 aromatic heterocycles. The molecule has 0 fully saturated rings. The topological polar surface area (TPSA) is 25.0 Å². The molecule has 3 rings (SSSR count). The van der Waals surface area contributed by atoms with Gasteiger partial charge >= 0.3 is 0 Å². The van der Waals surface area contributed by atoms with Crippen molar-refractivity contribution in [2.75, 3.05) is 13.4 Å². The molecular weight excluding hydrogens is 254 g/mol. The number of ether oxygens (including phenoxy) is 1. The molecule has 3 aromatic rings. The predicted octanol–water partition coefficient (Wildman–Crippen LogP) is 4.57. The van der Waals surface area contributed by atoms with Crippen LogP contribution in [-0.4, -0.2) is 18.3 Å². The van der Waals surface area contributed by atoms with Crippen LogP contribution in [0.5, 0.6) is 5.75 Å². The van der Waals surface area contributed by atoms with Crippen LogP contribution in [0.3, 0.4) is 0 Å². The van der Waals surface area contributed by atoms with Crippen LogP contribution < -0.4 is 4.74 Å². The molecule has 2 nitrogen and oxygen atoms in total. The molecule has 0 spiro atoms. The minimum Gasteiger partial charge on any atom is -0.497 e. The molecular formula is C16H15NOS. The number of rotatable bonds is 3. The number of H-pyrrole nitrogens is 1. The molecule has 96 valence electrons. The van der Waals surface area contributed by atoms with Crippen LogP contribution in [0.15, 0.2) is 53.4 Å². The van der Waals surface area contributed by atoms with Crippen molar-refractivity contribution in [2.45, 2.75) is 4.90 Å². The Bertz CT molecular complexity index is 703. The standard InChI is InChI=1S/C16H15NOS/c1-18-12-8-9-14-13(10-12)16(19-2)15(17-14)11-6-4-3-5-7-11/h3-10,17H,1-2H3. The highest BCUT2D eigenvalue weighted by Gasteiger charge is 2.12. The predicted molar refractivity (Wildman–Crippen MR) is 82.1 cm³/mol. The Morgan fingerprint density at radius 3 is 2.53 bits per heavy atom. The molecule has 3 heteroatoms. The van der Waals surface area contributed by atoms with Crippen molar-refractivity contribution in [3.63, 3.8) is 0 Å². The summed E-state index contributed by atoms with van der Waals surface area (Å²) in [6.07, 6.45) is 2.11. The second-order valence-corrected chi connectivity index (χ2v) is 5.13. The van der Waals surface area contributed by atoms with Gasteiger partial charge in [-0.2, -0.15) is 0 Å². The van der Waals surface area contributed by atoms with Gasteiger partial charge in [0.25, 0.3) is 0 Å². The van der Waals surface area contributed by atoms with Gasteiger partial charge in [-0.3, -0.25) is 0 Å². The molecule has 0 aliphatic heterocycles. The molecule has 0 unspecified atom stereocenters. The number of methoxy groups -OCH3 is 1. The van der Waals surface area contributed by atoms with E-state index in [0.29, 0.717) is 0 Å². The van der Waals surface area contributed by atoms with Gasteiger partial charge in [0.2, 0.25) is 0 Å². The Kier molecular flexibility index (Phi) is 3.22. The lowest BCUT2D eigenvalue weighted by atomic mass is 10.1. The van der Waals surface area contributed by atoms with E-state index in [0.717, 1.165) is 11.3 Å². The SMILES string of the molecule is COc1ccc2[nH]c(-c3ccccc3)c(SC)c2c1. The van der Waals surface area contributed by atoms with Crippen molar-refractivity contribution >= 4 is 22.7 Å². The summed E-state index contributed by atoms with van der Waals surface area (Å²) in [5, 5.41) is 1.21. The Morgan fingerprint density at radius 1 is 1.05 bits per heavy atom. The lowest BCUT2D eigenvalue weighted by Gasteiger charge is -2.02. The minimum absolute atomic E-state index is 0.890. The summed E-state index contributed by atoms with van der Waals surface area (Å²) in [5.74, 6) is 0.890. The maximum Gasteiger partial charge on any atom is 0.119 e. The molecule has 0 aliphatic carbocycles. The van der Waals surface area contributed by atoms with E-state index in [-0.39, 0.29) is 0 Å². The molecule has 0 saturated heterocycles. The fourth-order valence-electron chi connectivity index (χ4n) is 2.29. The van der Waals surface area contributed by atoms with Crippen molar-refractivity contribution in [2.24, 2.45) is 0 Å². The third-order valence-electron chi connectivity index (χ3n) is 3.22. The van der Waals surface area contributed by atoms with Crippen LogP contribution in [0.25, 0.3) is 22.2 Å². The van der Waals surface area contributed by atoms with Gasteiger partial charge in [0.1, 0.15) is 5.75 Å². The second kappa shape index (κ2) is 5.02. The first-order valence-electron chi connectivity index (χ1n) is 6.12. The Labute approximate surface area is 116 Å². The van der Waals surface area contributed by atoms with Crippen LogP contribution in [0.2, 0.25) is 0 Å². The van der Waals surface area contributed by atoms with Crippen LogP contribution in [0.4, 0.5) is 0 Å². The number of hydrogen-bond donors (Lipinski definition) is 1. The molecule has 1 heterocycles. The first-order valence-corrected chi connectivity index (χ1v) is 7.35. The van der Waals surface area contributed by atoms with E-state index < -0.39 is 0 Å². The summed E-state index contributed by atoms with van der Waals surface area (Å²) in [5.41, 5.74) is 3.53. The number of aromatic amines is 1. The van der Waals surface area contributed by atoms with Crippen molar-refractivity contribution in [3.8, 4) is 17.0 Å². The molecule has 0 aliphatic rings. The first kappa shape index (κ1) is 12.2. The normalized spacial score (nSPS) is 10.8. The van der Waals surface area contributed by atoms with Crippen LogP contribution >= 0.6 is 11.8 Å². The van der Waals surface area contributed by atoms with E-state index in [2.05, 4.69) is 47.6 Å². The van der Waals surface area contributed by atoms with Gasteiger partial charge in [0, 0.05) is 15.8 Å². The van der Waals surface area contributed by atoms with Gasteiger partial charge < -0.3 is 9.72 Å². The Balaban J connectivity index is 2.26. The smallest absolute Gasteiger partial charge is 0.119 e. The second-order valence-electron chi connectivity index (χ2n) is 4.31. The number of aromatic nitrogens is 1. The van der Waals surface area contributed by atoms with Gasteiger partial charge in [-0.25, -0.2) is 0 Å². The summed E-state index contributed by atoms with van der Waals surface area (Å²) in [7, 11) is 1.70. The van der Waals surface area contributed by atoms with Crippen molar-refractivity contribution in [3.05, 3.63) is 48.5 Å². The maximum absolute atomic E-state index is 5.31. The molecule has 0 radical (unpaired) electrons. The largest absolute Gasteiger partial charge is 0.497 e. The van der Waals surface area contributed by atoms with Gasteiger partial charge in [-0.1, -0.05) is 30.3 Å². The molecule has 2 aromatic carbocycles. The third kappa shape index (κ3) is 2.10. The van der Waals surface area contributed by atoms with Crippen LogP contribution in [-0.2, 0) is 0 Å². The van der Waals surface area contributed by atoms with E-state index in [1.165, 1.54) is 21.5 Å². The molecule has 0 amide bonds. The number of thioether (sulfide) groups is 1. The van der Waals surface area contributed by atoms with E-state index in [1.807, 2.05) is 12.1 Å². The number of benzene rings is 2. The van der Waals surface area contributed by atoms with Crippen molar-refractivity contribution in [1.82, 2.24) is 4.98 Å². The summed E-state index contributed by atoms with van der Waals surface area (Å²) in [4.78, 5) is 4.77. The minimum atomic E-state index is 0.890. The van der Waals surface area contributed by atoms with Gasteiger partial charge in [-0.05, 0) is 30.0 Å². The molecule has 19 heavy (non-hydrogen) atoms. The fourth-order valence-corrected chi connectivity index (χ4v) is 3.06. The van der Waals surface area contributed by atoms with Gasteiger partial charge in [0.15, 0.2) is 0 Å². The zero-order valence-corrected chi connectivity index (χ0v) is 11.8. The summed E-state index contributed by atoms with van der Waals surface area (Å²) in [6, 6.07) is 16.6. The quantitative estimate of drug-likeness (QED) is 0.705. The summed E-state index contributed by atoms with van der Waals surface area (Å²) in [6.45, 7) is 0. The van der Waals surface area contributed by atoms with Crippen LogP contribution in [0, 0.1) is 0 Å². The number of nitrogens with one attached hydrogen (secondary N) is 1.